The molecule has 0 saturated heterocycles. The van der Waals surface area contributed by atoms with Gasteiger partial charge in [-0.1, -0.05) is 60.7 Å². The van der Waals surface area contributed by atoms with Crippen molar-refractivity contribution in [3.05, 3.63) is 71.8 Å². The second kappa shape index (κ2) is 7.41. The van der Waals surface area contributed by atoms with Gasteiger partial charge in [-0.2, -0.15) is 0 Å². The van der Waals surface area contributed by atoms with Gasteiger partial charge in [0.1, 0.15) is 0 Å². The number of hydrogen-bond donors (Lipinski definition) is 2. The van der Waals surface area contributed by atoms with Gasteiger partial charge < -0.3 is 10.2 Å². The quantitative estimate of drug-likeness (QED) is 0.820. The van der Waals surface area contributed by atoms with Crippen molar-refractivity contribution in [3.8, 4) is 0 Å². The van der Waals surface area contributed by atoms with Crippen molar-refractivity contribution in [1.82, 2.24) is 0 Å². The van der Waals surface area contributed by atoms with Gasteiger partial charge in [0, 0.05) is 11.8 Å². The predicted molar refractivity (Wildman–Crippen MR) is 82.9 cm³/mol. The van der Waals surface area contributed by atoms with Crippen LogP contribution >= 0.6 is 0 Å². The van der Waals surface area contributed by atoms with Crippen LogP contribution in [0.15, 0.2) is 60.7 Å². The molecule has 0 aliphatic carbocycles. The summed E-state index contributed by atoms with van der Waals surface area (Å²) in [6.45, 7) is 0. The summed E-state index contributed by atoms with van der Waals surface area (Å²) in [6, 6.07) is 18.5. The fraction of sp³-hybridized carbons (Fsp3) is 0.222. The fourth-order valence-electron chi connectivity index (χ4n) is 2.76. The molecule has 2 atom stereocenters. The number of hydrogen-bond acceptors (Lipinski definition) is 2. The van der Waals surface area contributed by atoms with Gasteiger partial charge in [-0.15, -0.1) is 0 Å². The van der Waals surface area contributed by atoms with E-state index in [0.717, 1.165) is 11.1 Å². The lowest BCUT2D eigenvalue weighted by Gasteiger charge is -2.26. The monoisotopic (exact) mass is 298 g/mol. The third kappa shape index (κ3) is 4.19. The molecule has 0 amide bonds. The van der Waals surface area contributed by atoms with Crippen LogP contribution in [0, 0.1) is 0 Å². The molecule has 0 radical (unpaired) electrons. The third-order valence-corrected chi connectivity index (χ3v) is 3.73. The molecule has 0 spiro atoms. The van der Waals surface area contributed by atoms with Crippen LogP contribution in [0.5, 0.6) is 0 Å². The predicted octanol–water partition coefficient (Wildman–Crippen LogP) is 3.50. The van der Waals surface area contributed by atoms with E-state index in [1.54, 1.807) is 0 Å². The summed E-state index contributed by atoms with van der Waals surface area (Å²) in [6.07, 6.45) is -0.201. The van der Waals surface area contributed by atoms with Gasteiger partial charge in [0.15, 0.2) is 0 Å². The van der Waals surface area contributed by atoms with Crippen LogP contribution in [-0.4, -0.2) is 22.2 Å². The maximum absolute atomic E-state index is 11.3. The van der Waals surface area contributed by atoms with E-state index in [1.165, 1.54) is 0 Å². The molecule has 2 aromatic rings. The topological polar surface area (TPSA) is 74.6 Å². The lowest BCUT2D eigenvalue weighted by Crippen LogP contribution is -2.18. The zero-order valence-corrected chi connectivity index (χ0v) is 12.1. The zero-order chi connectivity index (χ0) is 15.9. The van der Waals surface area contributed by atoms with E-state index >= 15 is 0 Å². The Morgan fingerprint density at radius 1 is 0.682 bits per heavy atom. The number of carboxylic acids is 2. The van der Waals surface area contributed by atoms with Crippen molar-refractivity contribution in [1.29, 1.82) is 0 Å². The Morgan fingerprint density at radius 2 is 1.00 bits per heavy atom. The number of rotatable bonds is 7. The largest absolute Gasteiger partial charge is 0.481 e. The molecular weight excluding hydrogens is 280 g/mol. The Hall–Kier alpha value is -2.62. The Labute approximate surface area is 129 Å². The molecule has 2 rings (SSSR count). The Bertz CT molecular complexity index is 565. The minimum atomic E-state index is -0.930. The second-order valence-corrected chi connectivity index (χ2v) is 5.23. The molecule has 22 heavy (non-hydrogen) atoms. The van der Waals surface area contributed by atoms with Gasteiger partial charge in [0.05, 0.1) is 12.8 Å². The standard InChI is InChI=1S/C18H18O4/c19-17(20)11-15(13-7-3-1-4-8-13)16(12-18(21)22)14-9-5-2-6-10-14/h1-10,15-16H,11-12H2,(H,19,20)(H,21,22). The fourth-order valence-corrected chi connectivity index (χ4v) is 2.76. The number of benzene rings is 2. The van der Waals surface area contributed by atoms with Crippen LogP contribution in [0.4, 0.5) is 0 Å². The van der Waals surface area contributed by atoms with Crippen LogP contribution < -0.4 is 0 Å². The first-order valence-electron chi connectivity index (χ1n) is 7.11. The molecular formula is C18H18O4. The van der Waals surface area contributed by atoms with Gasteiger partial charge in [-0.25, -0.2) is 0 Å². The average Bonchev–Trinajstić information content (AvgIpc) is 2.52. The average molecular weight is 298 g/mol. The lowest BCUT2D eigenvalue weighted by atomic mass is 9.77. The number of aliphatic carboxylic acids is 2. The van der Waals surface area contributed by atoms with Crippen molar-refractivity contribution in [3.63, 3.8) is 0 Å². The molecule has 0 saturated carbocycles. The number of carboxylic acid groups (broad SMARTS) is 2. The maximum Gasteiger partial charge on any atom is 0.303 e. The Balaban J connectivity index is 2.43. The second-order valence-electron chi connectivity index (χ2n) is 5.23. The Morgan fingerprint density at radius 3 is 1.27 bits per heavy atom. The van der Waals surface area contributed by atoms with Crippen molar-refractivity contribution in [2.45, 2.75) is 24.7 Å². The van der Waals surface area contributed by atoms with Crippen LogP contribution in [-0.2, 0) is 9.59 Å². The lowest BCUT2D eigenvalue weighted by molar-refractivity contribution is -0.140. The molecule has 0 bridgehead atoms. The zero-order valence-electron chi connectivity index (χ0n) is 12.1. The van der Waals surface area contributed by atoms with Crippen LogP contribution in [0.2, 0.25) is 0 Å². The van der Waals surface area contributed by atoms with Crippen molar-refractivity contribution >= 4 is 11.9 Å². The van der Waals surface area contributed by atoms with E-state index < -0.39 is 11.9 Å². The van der Waals surface area contributed by atoms with E-state index in [9.17, 15) is 19.8 Å². The minimum Gasteiger partial charge on any atom is -0.481 e. The molecule has 4 heteroatoms. The molecule has 0 aromatic heterocycles. The van der Waals surface area contributed by atoms with Crippen molar-refractivity contribution in [2.75, 3.05) is 0 Å². The summed E-state index contributed by atoms with van der Waals surface area (Å²) in [5.74, 6) is -2.62. The van der Waals surface area contributed by atoms with Gasteiger partial charge in [0.2, 0.25) is 0 Å². The maximum atomic E-state index is 11.3. The molecule has 2 N–H and O–H groups in total. The van der Waals surface area contributed by atoms with Gasteiger partial charge >= 0.3 is 11.9 Å². The first-order chi connectivity index (χ1) is 10.6. The molecule has 4 nitrogen and oxygen atoms in total. The highest BCUT2D eigenvalue weighted by molar-refractivity contribution is 5.71. The highest BCUT2D eigenvalue weighted by atomic mass is 16.4. The van der Waals surface area contributed by atoms with Crippen LogP contribution in [0.3, 0.4) is 0 Å². The van der Waals surface area contributed by atoms with E-state index in [2.05, 4.69) is 0 Å². The normalized spacial score (nSPS) is 13.3. The van der Waals surface area contributed by atoms with E-state index in [-0.39, 0.29) is 24.7 Å². The first-order valence-corrected chi connectivity index (χ1v) is 7.11. The van der Waals surface area contributed by atoms with Gasteiger partial charge in [-0.3, -0.25) is 9.59 Å². The summed E-state index contributed by atoms with van der Waals surface area (Å²) in [4.78, 5) is 22.5. The molecule has 2 aromatic carbocycles. The SMILES string of the molecule is O=C(O)CC(c1ccccc1)C(CC(=O)O)c1ccccc1. The van der Waals surface area contributed by atoms with E-state index in [0.29, 0.717) is 0 Å². The molecule has 2 unspecified atom stereocenters. The smallest absolute Gasteiger partial charge is 0.303 e. The van der Waals surface area contributed by atoms with E-state index in [4.69, 9.17) is 0 Å². The summed E-state index contributed by atoms with van der Waals surface area (Å²) >= 11 is 0. The molecule has 114 valence electrons. The highest BCUT2D eigenvalue weighted by Crippen LogP contribution is 2.38. The summed E-state index contributed by atoms with van der Waals surface area (Å²) < 4.78 is 0. The molecule has 0 aliphatic rings. The third-order valence-electron chi connectivity index (χ3n) is 3.73. The first kappa shape index (κ1) is 15.8. The number of carbonyl (C=O) groups is 2. The summed E-state index contributed by atoms with van der Waals surface area (Å²) in [5.41, 5.74) is 1.69. The highest BCUT2D eigenvalue weighted by Gasteiger charge is 2.28. The van der Waals surface area contributed by atoms with Gasteiger partial charge in [-0.05, 0) is 11.1 Å². The summed E-state index contributed by atoms with van der Waals surface area (Å²) in [5, 5.41) is 18.5. The Kier molecular flexibility index (Phi) is 5.31. The van der Waals surface area contributed by atoms with Crippen molar-refractivity contribution < 1.29 is 19.8 Å². The summed E-state index contributed by atoms with van der Waals surface area (Å²) in [7, 11) is 0. The minimum absolute atomic E-state index is 0.100. The van der Waals surface area contributed by atoms with Gasteiger partial charge in [0.25, 0.3) is 0 Å². The van der Waals surface area contributed by atoms with E-state index in [1.807, 2.05) is 60.7 Å². The molecule has 0 aliphatic heterocycles. The molecule has 0 fully saturated rings. The van der Waals surface area contributed by atoms with Crippen molar-refractivity contribution in [2.24, 2.45) is 0 Å². The van der Waals surface area contributed by atoms with Crippen LogP contribution in [0.25, 0.3) is 0 Å². The molecule has 0 heterocycles. The van der Waals surface area contributed by atoms with Crippen LogP contribution in [0.1, 0.15) is 35.8 Å².